The fourth-order valence-corrected chi connectivity index (χ4v) is 7.19. The second-order valence-electron chi connectivity index (χ2n) is 10.5. The van der Waals surface area contributed by atoms with Crippen LogP contribution >= 0.6 is 0 Å². The molecular formula is C28H34N2O2. The van der Waals surface area contributed by atoms with Gasteiger partial charge in [-0.2, -0.15) is 0 Å². The average Bonchev–Trinajstić information content (AvgIpc) is 2.77. The van der Waals surface area contributed by atoms with Gasteiger partial charge in [0, 0.05) is 19.5 Å². The molecule has 2 aromatic rings. The van der Waals surface area contributed by atoms with E-state index < -0.39 is 0 Å². The van der Waals surface area contributed by atoms with Crippen LogP contribution in [0.2, 0.25) is 0 Å². The van der Waals surface area contributed by atoms with Gasteiger partial charge in [0.15, 0.2) is 0 Å². The standard InChI is InChI=1S/C28H34N2O2/c31-25(19-28-16-20-13-21(17-28)15-22(14-20)18-28)29-11-12-30-27(32)26(23-7-3-1-4-8-23)24-9-5-2-6-10-24/h1-10,20-22,26H,11-19H2,(H,29,31)(H,30,32). The zero-order chi connectivity index (χ0) is 22.0. The molecule has 0 heterocycles. The van der Waals surface area contributed by atoms with Gasteiger partial charge in [-0.25, -0.2) is 0 Å². The Labute approximate surface area is 191 Å². The van der Waals surface area contributed by atoms with Gasteiger partial charge in [-0.3, -0.25) is 9.59 Å². The van der Waals surface area contributed by atoms with E-state index in [-0.39, 0.29) is 23.1 Å². The molecule has 4 heteroatoms. The van der Waals surface area contributed by atoms with E-state index in [1.165, 1.54) is 38.5 Å². The van der Waals surface area contributed by atoms with Crippen LogP contribution in [0.4, 0.5) is 0 Å². The van der Waals surface area contributed by atoms with Gasteiger partial charge < -0.3 is 10.6 Å². The van der Waals surface area contributed by atoms with Crippen LogP contribution in [0.25, 0.3) is 0 Å². The van der Waals surface area contributed by atoms with Crippen molar-refractivity contribution < 1.29 is 9.59 Å². The highest BCUT2D eigenvalue weighted by atomic mass is 16.2. The highest BCUT2D eigenvalue weighted by Crippen LogP contribution is 2.61. The van der Waals surface area contributed by atoms with E-state index in [1.54, 1.807) is 0 Å². The van der Waals surface area contributed by atoms with Crippen LogP contribution in [0, 0.1) is 23.2 Å². The molecule has 2 N–H and O–H groups in total. The lowest BCUT2D eigenvalue weighted by Gasteiger charge is -2.56. The number of hydrogen-bond acceptors (Lipinski definition) is 2. The number of carbonyl (C=O) groups is 2. The van der Waals surface area contributed by atoms with Gasteiger partial charge in [-0.05, 0) is 72.8 Å². The molecule has 4 saturated carbocycles. The Balaban J connectivity index is 1.13. The Morgan fingerprint density at radius 1 is 0.750 bits per heavy atom. The molecule has 168 valence electrons. The Morgan fingerprint density at radius 2 is 1.22 bits per heavy atom. The molecule has 4 nitrogen and oxygen atoms in total. The highest BCUT2D eigenvalue weighted by molar-refractivity contribution is 5.87. The summed E-state index contributed by atoms with van der Waals surface area (Å²) >= 11 is 0. The number of amides is 2. The zero-order valence-electron chi connectivity index (χ0n) is 18.8. The summed E-state index contributed by atoms with van der Waals surface area (Å²) in [6.45, 7) is 0.925. The van der Waals surface area contributed by atoms with E-state index in [0.29, 0.717) is 19.5 Å². The quantitative estimate of drug-likeness (QED) is 0.599. The van der Waals surface area contributed by atoms with Crippen LogP contribution in [0.1, 0.15) is 62.0 Å². The molecule has 4 aliphatic rings. The van der Waals surface area contributed by atoms with E-state index in [1.807, 2.05) is 60.7 Å². The minimum absolute atomic E-state index is 0.0299. The topological polar surface area (TPSA) is 58.2 Å². The third-order valence-electron chi connectivity index (χ3n) is 7.98. The molecule has 0 atom stereocenters. The predicted octanol–water partition coefficient (Wildman–Crippen LogP) is 4.66. The first kappa shape index (κ1) is 21.2. The molecule has 0 unspecified atom stereocenters. The van der Waals surface area contributed by atoms with Crippen molar-refractivity contribution >= 4 is 11.8 Å². The van der Waals surface area contributed by atoms with Crippen LogP contribution in [0.15, 0.2) is 60.7 Å². The summed E-state index contributed by atoms with van der Waals surface area (Å²) in [4.78, 5) is 25.8. The summed E-state index contributed by atoms with van der Waals surface area (Å²) in [7, 11) is 0. The average molecular weight is 431 g/mol. The van der Waals surface area contributed by atoms with Crippen molar-refractivity contribution in [2.24, 2.45) is 23.2 Å². The zero-order valence-corrected chi connectivity index (χ0v) is 18.8. The molecule has 0 spiro atoms. The van der Waals surface area contributed by atoms with Crippen LogP contribution in [-0.2, 0) is 9.59 Å². The SMILES string of the molecule is O=C(CC12CC3CC(CC(C3)C1)C2)NCCNC(=O)C(c1ccccc1)c1ccccc1. The van der Waals surface area contributed by atoms with Gasteiger partial charge in [-0.1, -0.05) is 60.7 Å². The first-order chi connectivity index (χ1) is 15.6. The Morgan fingerprint density at radius 3 is 1.72 bits per heavy atom. The smallest absolute Gasteiger partial charge is 0.232 e. The number of benzene rings is 2. The second kappa shape index (κ2) is 9.09. The first-order valence-electron chi connectivity index (χ1n) is 12.2. The second-order valence-corrected chi connectivity index (χ2v) is 10.5. The minimum Gasteiger partial charge on any atom is -0.354 e. The molecule has 4 fully saturated rings. The summed E-state index contributed by atoms with van der Waals surface area (Å²) in [5.41, 5.74) is 2.21. The van der Waals surface area contributed by atoms with Crippen LogP contribution in [0.3, 0.4) is 0 Å². The van der Waals surface area contributed by atoms with Gasteiger partial charge in [0.25, 0.3) is 0 Å². The molecule has 0 aliphatic heterocycles. The molecule has 2 amide bonds. The number of hydrogen-bond donors (Lipinski definition) is 2. The molecular weight excluding hydrogens is 396 g/mol. The lowest BCUT2D eigenvalue weighted by atomic mass is 9.49. The van der Waals surface area contributed by atoms with Crippen molar-refractivity contribution in [3.05, 3.63) is 71.8 Å². The van der Waals surface area contributed by atoms with Gasteiger partial charge >= 0.3 is 0 Å². The Kier molecular flexibility index (Phi) is 6.03. The number of carbonyl (C=O) groups excluding carboxylic acids is 2. The van der Waals surface area contributed by atoms with E-state index in [4.69, 9.17) is 0 Å². The Bertz CT molecular complexity index is 866. The maximum Gasteiger partial charge on any atom is 0.232 e. The molecule has 2 aromatic carbocycles. The number of rotatable bonds is 8. The van der Waals surface area contributed by atoms with Crippen molar-refractivity contribution in [3.63, 3.8) is 0 Å². The van der Waals surface area contributed by atoms with Gasteiger partial charge in [0.2, 0.25) is 11.8 Å². The molecule has 0 radical (unpaired) electrons. The van der Waals surface area contributed by atoms with Gasteiger partial charge in [0.1, 0.15) is 0 Å². The molecule has 0 saturated heterocycles. The van der Waals surface area contributed by atoms with Crippen molar-refractivity contribution in [1.82, 2.24) is 10.6 Å². The fraction of sp³-hybridized carbons (Fsp3) is 0.500. The molecule has 6 rings (SSSR count). The summed E-state index contributed by atoms with van der Waals surface area (Å²) in [5, 5.41) is 6.12. The van der Waals surface area contributed by atoms with E-state index >= 15 is 0 Å². The van der Waals surface area contributed by atoms with Crippen molar-refractivity contribution in [2.75, 3.05) is 13.1 Å². The van der Waals surface area contributed by atoms with Crippen molar-refractivity contribution in [2.45, 2.75) is 50.9 Å². The summed E-state index contributed by atoms with van der Waals surface area (Å²) in [6.07, 6.45) is 8.61. The summed E-state index contributed by atoms with van der Waals surface area (Å²) in [6, 6.07) is 19.7. The van der Waals surface area contributed by atoms with Crippen LogP contribution in [-0.4, -0.2) is 24.9 Å². The lowest BCUT2D eigenvalue weighted by Crippen LogP contribution is -2.48. The van der Waals surface area contributed by atoms with Gasteiger partial charge in [0.05, 0.1) is 5.92 Å². The lowest BCUT2D eigenvalue weighted by molar-refractivity contribution is -0.129. The molecule has 4 bridgehead atoms. The first-order valence-corrected chi connectivity index (χ1v) is 12.2. The van der Waals surface area contributed by atoms with Crippen molar-refractivity contribution in [1.29, 1.82) is 0 Å². The summed E-state index contributed by atoms with van der Waals surface area (Å²) in [5.74, 6) is 2.37. The third-order valence-corrected chi connectivity index (χ3v) is 7.98. The third kappa shape index (κ3) is 4.60. The van der Waals surface area contributed by atoms with Gasteiger partial charge in [-0.15, -0.1) is 0 Å². The molecule has 0 aromatic heterocycles. The fourth-order valence-electron chi connectivity index (χ4n) is 7.19. The largest absolute Gasteiger partial charge is 0.354 e. The Hall–Kier alpha value is -2.62. The van der Waals surface area contributed by atoms with Crippen molar-refractivity contribution in [3.8, 4) is 0 Å². The maximum atomic E-state index is 13.1. The van der Waals surface area contributed by atoms with Crippen LogP contribution in [0.5, 0.6) is 0 Å². The highest BCUT2D eigenvalue weighted by Gasteiger charge is 2.51. The maximum absolute atomic E-state index is 13.1. The van der Waals surface area contributed by atoms with E-state index in [9.17, 15) is 9.59 Å². The minimum atomic E-state index is -0.347. The predicted molar refractivity (Wildman–Crippen MR) is 126 cm³/mol. The summed E-state index contributed by atoms with van der Waals surface area (Å²) < 4.78 is 0. The normalized spacial score (nSPS) is 28.0. The molecule has 4 aliphatic carbocycles. The van der Waals surface area contributed by atoms with E-state index in [0.717, 1.165) is 28.9 Å². The van der Waals surface area contributed by atoms with Crippen LogP contribution < -0.4 is 10.6 Å². The van der Waals surface area contributed by atoms with E-state index in [2.05, 4.69) is 10.6 Å². The number of nitrogens with one attached hydrogen (secondary N) is 2. The monoisotopic (exact) mass is 430 g/mol. The molecule has 32 heavy (non-hydrogen) atoms.